The van der Waals surface area contributed by atoms with Crippen LogP contribution in [0.15, 0.2) is 5.38 Å². The van der Waals surface area contributed by atoms with Crippen LogP contribution >= 0.6 is 11.3 Å². The molecule has 0 spiro atoms. The molecule has 102 valence electrons. The molecule has 0 aromatic carbocycles. The molecule has 5 heteroatoms. The molecule has 0 saturated carbocycles. The molecule has 0 atom stereocenters. The van der Waals surface area contributed by atoms with Crippen LogP contribution < -0.4 is 5.32 Å². The predicted octanol–water partition coefficient (Wildman–Crippen LogP) is 1.18. The van der Waals surface area contributed by atoms with E-state index in [-0.39, 0.29) is 0 Å². The summed E-state index contributed by atoms with van der Waals surface area (Å²) in [4.78, 5) is 9.44. The first-order valence-corrected chi connectivity index (χ1v) is 7.64. The minimum Gasteiger partial charge on any atom is -0.315 e. The number of hydrogen-bond acceptors (Lipinski definition) is 5. The van der Waals surface area contributed by atoms with Crippen molar-refractivity contribution in [1.29, 1.82) is 0 Å². The van der Waals surface area contributed by atoms with Crippen LogP contribution in [-0.4, -0.2) is 61.1 Å². The molecule has 0 unspecified atom stereocenters. The number of likely N-dealkylation sites (N-methyl/N-ethyl adjacent to an activating group) is 1. The van der Waals surface area contributed by atoms with Crippen molar-refractivity contribution >= 4 is 11.3 Å². The second-order valence-corrected chi connectivity index (χ2v) is 6.10. The third kappa shape index (κ3) is 4.65. The third-order valence-electron chi connectivity index (χ3n) is 3.33. The Morgan fingerprint density at radius 3 is 3.11 bits per heavy atom. The van der Waals surface area contributed by atoms with Crippen LogP contribution in [0.3, 0.4) is 0 Å². The lowest BCUT2D eigenvalue weighted by atomic mass is 10.3. The molecule has 0 amide bonds. The molecule has 1 saturated heterocycles. The van der Waals surface area contributed by atoms with Crippen LogP contribution in [0, 0.1) is 6.92 Å². The SMILES string of the molecule is Cc1nc(CN(C)CCN2CCCNCC2)cs1. The van der Waals surface area contributed by atoms with Gasteiger partial charge < -0.3 is 10.2 Å². The minimum atomic E-state index is 0.969. The van der Waals surface area contributed by atoms with Gasteiger partial charge in [0.15, 0.2) is 0 Å². The summed E-state index contributed by atoms with van der Waals surface area (Å²) in [5.74, 6) is 0. The zero-order chi connectivity index (χ0) is 12.8. The van der Waals surface area contributed by atoms with Crippen LogP contribution in [-0.2, 0) is 6.54 Å². The fourth-order valence-electron chi connectivity index (χ4n) is 2.27. The van der Waals surface area contributed by atoms with Crippen molar-refractivity contribution in [2.45, 2.75) is 19.9 Å². The van der Waals surface area contributed by atoms with E-state index in [0.717, 1.165) is 24.6 Å². The van der Waals surface area contributed by atoms with Gasteiger partial charge in [0, 0.05) is 38.1 Å². The molecule has 0 aliphatic carbocycles. The number of nitrogens with zero attached hydrogens (tertiary/aromatic N) is 3. The Labute approximate surface area is 114 Å². The van der Waals surface area contributed by atoms with Crippen LogP contribution in [0.4, 0.5) is 0 Å². The second-order valence-electron chi connectivity index (χ2n) is 5.04. The van der Waals surface area contributed by atoms with Crippen molar-refractivity contribution in [2.24, 2.45) is 0 Å². The summed E-state index contributed by atoms with van der Waals surface area (Å²) < 4.78 is 0. The Balaban J connectivity index is 1.69. The van der Waals surface area contributed by atoms with Gasteiger partial charge in [-0.1, -0.05) is 0 Å². The third-order valence-corrected chi connectivity index (χ3v) is 4.15. The van der Waals surface area contributed by atoms with Crippen LogP contribution in [0.25, 0.3) is 0 Å². The summed E-state index contributed by atoms with van der Waals surface area (Å²) in [5.41, 5.74) is 1.21. The van der Waals surface area contributed by atoms with Gasteiger partial charge in [-0.15, -0.1) is 11.3 Å². The van der Waals surface area contributed by atoms with Crippen molar-refractivity contribution in [2.75, 3.05) is 46.3 Å². The van der Waals surface area contributed by atoms with Crippen LogP contribution in [0.5, 0.6) is 0 Å². The molecule has 4 nitrogen and oxygen atoms in total. The fraction of sp³-hybridized carbons (Fsp3) is 0.769. The Morgan fingerprint density at radius 2 is 2.33 bits per heavy atom. The Hall–Kier alpha value is -0.490. The predicted molar refractivity (Wildman–Crippen MR) is 77.1 cm³/mol. The van der Waals surface area contributed by atoms with Crippen molar-refractivity contribution in [1.82, 2.24) is 20.1 Å². The summed E-state index contributed by atoms with van der Waals surface area (Å²) in [7, 11) is 2.19. The zero-order valence-corrected chi connectivity index (χ0v) is 12.3. The van der Waals surface area contributed by atoms with E-state index in [4.69, 9.17) is 0 Å². The highest BCUT2D eigenvalue weighted by molar-refractivity contribution is 7.09. The average Bonchev–Trinajstić information content (AvgIpc) is 2.62. The van der Waals surface area contributed by atoms with Gasteiger partial charge in [-0.05, 0) is 33.5 Å². The van der Waals surface area contributed by atoms with Crippen molar-refractivity contribution < 1.29 is 0 Å². The molecule has 0 bridgehead atoms. The van der Waals surface area contributed by atoms with Gasteiger partial charge in [0.1, 0.15) is 0 Å². The van der Waals surface area contributed by atoms with E-state index >= 15 is 0 Å². The molecular formula is C13H24N4S. The second kappa shape index (κ2) is 7.19. The monoisotopic (exact) mass is 268 g/mol. The number of rotatable bonds is 5. The van der Waals surface area contributed by atoms with E-state index in [1.54, 1.807) is 11.3 Å². The molecule has 1 aliphatic rings. The molecule has 1 aliphatic heterocycles. The summed E-state index contributed by atoms with van der Waals surface area (Å²) in [6.45, 7) is 10.0. The number of hydrogen-bond donors (Lipinski definition) is 1. The standard InChI is InChI=1S/C13H24N4S/c1-12-15-13(11-18-12)10-16(2)8-9-17-6-3-4-14-5-7-17/h11,14H,3-10H2,1-2H3. The van der Waals surface area contributed by atoms with Crippen molar-refractivity contribution in [3.63, 3.8) is 0 Å². The zero-order valence-electron chi connectivity index (χ0n) is 11.5. The molecule has 2 rings (SSSR count). The van der Waals surface area contributed by atoms with Crippen molar-refractivity contribution in [3.05, 3.63) is 16.1 Å². The summed E-state index contributed by atoms with van der Waals surface area (Å²) in [5, 5.41) is 6.78. The molecule has 1 aromatic rings. The van der Waals surface area contributed by atoms with Gasteiger partial charge in [-0.25, -0.2) is 4.98 Å². The number of thiazole rings is 1. The average molecular weight is 268 g/mol. The topological polar surface area (TPSA) is 31.4 Å². The van der Waals surface area contributed by atoms with Crippen LogP contribution in [0.2, 0.25) is 0 Å². The lowest BCUT2D eigenvalue weighted by molar-refractivity contribution is 0.230. The quantitative estimate of drug-likeness (QED) is 0.869. The molecule has 1 aromatic heterocycles. The highest BCUT2D eigenvalue weighted by Crippen LogP contribution is 2.09. The first-order chi connectivity index (χ1) is 8.74. The Kier molecular flexibility index (Phi) is 5.56. The summed E-state index contributed by atoms with van der Waals surface area (Å²) in [6, 6.07) is 0. The molecule has 18 heavy (non-hydrogen) atoms. The molecule has 1 N–H and O–H groups in total. The van der Waals surface area contributed by atoms with E-state index in [2.05, 4.69) is 39.5 Å². The van der Waals surface area contributed by atoms with Gasteiger partial charge in [0.05, 0.1) is 10.7 Å². The van der Waals surface area contributed by atoms with E-state index in [9.17, 15) is 0 Å². The Bertz CT molecular complexity index is 345. The van der Waals surface area contributed by atoms with Gasteiger partial charge >= 0.3 is 0 Å². The number of nitrogens with one attached hydrogen (secondary N) is 1. The highest BCUT2D eigenvalue weighted by Gasteiger charge is 2.10. The minimum absolute atomic E-state index is 0.969. The van der Waals surface area contributed by atoms with Crippen molar-refractivity contribution in [3.8, 4) is 0 Å². The van der Waals surface area contributed by atoms with Crippen LogP contribution in [0.1, 0.15) is 17.1 Å². The summed E-state index contributed by atoms with van der Waals surface area (Å²) >= 11 is 1.74. The van der Waals surface area contributed by atoms with Gasteiger partial charge in [-0.3, -0.25) is 4.90 Å². The lowest BCUT2D eigenvalue weighted by Gasteiger charge is -2.23. The normalized spacial score (nSPS) is 18.2. The van der Waals surface area contributed by atoms with Gasteiger partial charge in [-0.2, -0.15) is 0 Å². The van der Waals surface area contributed by atoms with E-state index in [1.807, 2.05) is 0 Å². The molecule has 1 fully saturated rings. The smallest absolute Gasteiger partial charge is 0.0897 e. The van der Waals surface area contributed by atoms with Gasteiger partial charge in [0.2, 0.25) is 0 Å². The first kappa shape index (κ1) is 13.9. The molecule has 2 heterocycles. The maximum absolute atomic E-state index is 4.51. The lowest BCUT2D eigenvalue weighted by Crippen LogP contribution is -2.35. The number of aromatic nitrogens is 1. The van der Waals surface area contributed by atoms with E-state index in [1.165, 1.54) is 38.3 Å². The fourth-order valence-corrected chi connectivity index (χ4v) is 2.88. The maximum Gasteiger partial charge on any atom is 0.0897 e. The van der Waals surface area contributed by atoms with E-state index < -0.39 is 0 Å². The Morgan fingerprint density at radius 1 is 1.44 bits per heavy atom. The number of aryl methyl sites for hydroxylation is 1. The molecule has 0 radical (unpaired) electrons. The first-order valence-electron chi connectivity index (χ1n) is 6.76. The van der Waals surface area contributed by atoms with Gasteiger partial charge in [0.25, 0.3) is 0 Å². The van der Waals surface area contributed by atoms with E-state index in [0.29, 0.717) is 0 Å². The maximum atomic E-state index is 4.51. The highest BCUT2D eigenvalue weighted by atomic mass is 32.1. The largest absolute Gasteiger partial charge is 0.315 e. The molecular weight excluding hydrogens is 244 g/mol. The summed E-state index contributed by atoms with van der Waals surface area (Å²) in [6.07, 6.45) is 1.27.